The predicted octanol–water partition coefficient (Wildman–Crippen LogP) is 17.2. The van der Waals surface area contributed by atoms with Crippen molar-refractivity contribution in [3.05, 3.63) is 193 Å². The highest BCUT2D eigenvalue weighted by Crippen LogP contribution is 2.44. The molecule has 7 aromatic carbocycles. The predicted molar refractivity (Wildman–Crippen MR) is 283 cm³/mol. The number of phenols is 1. The molecule has 0 bridgehead atoms. The number of benzene rings is 7. The Morgan fingerprint density at radius 1 is 0.559 bits per heavy atom. The van der Waals surface area contributed by atoms with Crippen LogP contribution in [0.5, 0.6) is 5.75 Å². The van der Waals surface area contributed by atoms with Gasteiger partial charge >= 0.3 is 0 Å². The van der Waals surface area contributed by atoms with Gasteiger partial charge in [0, 0.05) is 25.6 Å². The highest BCUT2D eigenvalue weighted by atomic mass is 16.3. The summed E-state index contributed by atoms with van der Waals surface area (Å²) in [5, 5.41) is 11.9. The first-order chi connectivity index (χ1) is 34.0. The summed E-state index contributed by atoms with van der Waals surface area (Å²) in [6.45, 7) is 6.55. The van der Waals surface area contributed by atoms with Crippen LogP contribution < -0.4 is 0 Å². The van der Waals surface area contributed by atoms with Crippen molar-refractivity contribution < 1.29 is 7.85 Å². The van der Waals surface area contributed by atoms with Gasteiger partial charge in [-0.05, 0) is 147 Å². The molecule has 2 aliphatic carbocycles. The molecule has 338 valence electrons. The van der Waals surface area contributed by atoms with E-state index in [0.29, 0.717) is 22.9 Å². The minimum Gasteiger partial charge on any atom is -0.507 e. The Hall–Kier alpha value is -7.04. The van der Waals surface area contributed by atoms with Crippen molar-refractivity contribution in [1.82, 2.24) is 14.5 Å². The zero-order valence-electron chi connectivity index (χ0n) is 41.6. The average Bonchev–Trinajstić information content (AvgIpc) is 4.09. The van der Waals surface area contributed by atoms with E-state index in [1.54, 1.807) is 6.07 Å². The molecule has 0 atom stereocenters. The van der Waals surface area contributed by atoms with Crippen LogP contribution in [-0.4, -0.2) is 19.6 Å². The fraction of sp³-hybridized carbons (Fsp3) is 0.250. The lowest BCUT2D eigenvalue weighted by Gasteiger charge is -2.22. The third-order valence-electron chi connectivity index (χ3n) is 14.6. The lowest BCUT2D eigenvalue weighted by atomic mass is 9.84. The van der Waals surface area contributed by atoms with E-state index in [0.717, 1.165) is 98.2 Å². The van der Waals surface area contributed by atoms with E-state index in [1.807, 2.05) is 36.5 Å². The molecule has 1 N–H and O–H groups in total. The smallest absolute Gasteiger partial charge is 0.149 e. The molecule has 2 saturated carbocycles. The van der Waals surface area contributed by atoms with E-state index in [-0.39, 0.29) is 17.1 Å². The molecule has 68 heavy (non-hydrogen) atoms. The van der Waals surface area contributed by atoms with Crippen molar-refractivity contribution in [2.75, 3.05) is 0 Å². The van der Waals surface area contributed by atoms with Crippen molar-refractivity contribution in [1.29, 1.82) is 0 Å². The van der Waals surface area contributed by atoms with Gasteiger partial charge in [0.25, 0.3) is 0 Å². The summed E-state index contributed by atoms with van der Waals surface area (Å²) in [4.78, 5) is 10.6. The minimum atomic E-state index is -1.49. The Labute approximate surface area is 405 Å². The van der Waals surface area contributed by atoms with Gasteiger partial charge in [-0.25, -0.2) is 4.98 Å². The Morgan fingerprint density at radius 2 is 1.25 bits per heavy atom. The molecule has 2 heterocycles. The van der Waals surface area contributed by atoms with E-state index >= 15 is 0 Å². The normalized spacial score (nSPS) is 15.4. The molecule has 11 rings (SSSR count). The molecule has 0 aliphatic heterocycles. The number of nitrogens with zero attached hydrogens (tertiary/aromatic N) is 3. The van der Waals surface area contributed by atoms with Crippen LogP contribution >= 0.6 is 0 Å². The van der Waals surface area contributed by atoms with Gasteiger partial charge < -0.3 is 5.11 Å². The van der Waals surface area contributed by atoms with Crippen LogP contribution in [-0.2, 0) is 11.8 Å². The van der Waals surface area contributed by atoms with E-state index < -0.39 is 6.37 Å². The molecule has 2 aliphatic rings. The summed E-state index contributed by atoms with van der Waals surface area (Å²) in [6, 6.07) is 59.5. The summed E-state index contributed by atoms with van der Waals surface area (Å²) in [7, 11) is 0. The van der Waals surface area contributed by atoms with Crippen molar-refractivity contribution >= 4 is 11.0 Å². The number of aromatic hydroxyl groups is 1. The SMILES string of the molecule is [2H]C([2H])(c1ccc(-n2c(-c3cc(C(C)(C)C)ccc3O)nc3c(-c4cc(-c5ccccc5)cc(-c5cc(-c6ccc(C7CCCCC7)cc6)ccn5)c4)cccc32)c(-c2ccccc2)c1)C1CCCC1. The van der Waals surface area contributed by atoms with Crippen LogP contribution in [0.2, 0.25) is 0 Å². The van der Waals surface area contributed by atoms with Crippen LogP contribution in [0.1, 0.15) is 104 Å². The molecule has 9 aromatic rings. The molecule has 4 nitrogen and oxygen atoms in total. The van der Waals surface area contributed by atoms with Crippen molar-refractivity contribution in [3.63, 3.8) is 0 Å². The van der Waals surface area contributed by atoms with Gasteiger partial charge in [-0.3, -0.25) is 9.55 Å². The zero-order valence-corrected chi connectivity index (χ0v) is 39.6. The molecule has 0 amide bonds. The molecule has 0 radical (unpaired) electrons. The summed E-state index contributed by atoms with van der Waals surface area (Å²) < 4.78 is 21.1. The number of fused-ring (bicyclic) bond motifs is 1. The minimum absolute atomic E-state index is 0.0297. The van der Waals surface area contributed by atoms with Gasteiger partial charge in [0.15, 0.2) is 0 Å². The van der Waals surface area contributed by atoms with Gasteiger partial charge in [0.05, 0.1) is 28.0 Å². The number of phenolic OH excluding ortho intramolecular Hbond substituents is 1. The van der Waals surface area contributed by atoms with Crippen LogP contribution in [0.4, 0.5) is 0 Å². The van der Waals surface area contributed by atoms with Crippen molar-refractivity contribution in [2.24, 2.45) is 5.92 Å². The molecule has 0 spiro atoms. The Balaban J connectivity index is 1.11. The quantitative estimate of drug-likeness (QED) is 0.149. The van der Waals surface area contributed by atoms with E-state index in [2.05, 4.69) is 159 Å². The number of rotatable bonds is 10. The maximum absolute atomic E-state index is 11.9. The molecule has 2 aromatic heterocycles. The molecule has 2 fully saturated rings. The van der Waals surface area contributed by atoms with Crippen molar-refractivity contribution in [3.8, 4) is 78.6 Å². The molecule has 0 saturated heterocycles. The van der Waals surface area contributed by atoms with E-state index in [9.17, 15) is 7.85 Å². The zero-order chi connectivity index (χ0) is 48.0. The van der Waals surface area contributed by atoms with Gasteiger partial charge in [-0.2, -0.15) is 0 Å². The Bertz CT molecular complexity index is 3320. The van der Waals surface area contributed by atoms with Crippen molar-refractivity contribution in [2.45, 2.75) is 96.3 Å². The summed E-state index contributed by atoms with van der Waals surface area (Å²) in [6.07, 6.45) is 10.9. The number of aromatic nitrogens is 3. The fourth-order valence-corrected chi connectivity index (χ4v) is 10.8. The van der Waals surface area contributed by atoms with Gasteiger partial charge in [-0.15, -0.1) is 0 Å². The topological polar surface area (TPSA) is 50.9 Å². The molecule has 4 heteroatoms. The number of hydrogen-bond acceptors (Lipinski definition) is 3. The molecular weight excluding hydrogens is 827 g/mol. The molecule has 0 unspecified atom stereocenters. The molecular formula is C64H61N3O. The maximum atomic E-state index is 11.9. The second-order valence-corrected chi connectivity index (χ2v) is 20.2. The van der Waals surface area contributed by atoms with Gasteiger partial charge in [0.1, 0.15) is 11.6 Å². The number of para-hydroxylation sites is 1. The largest absolute Gasteiger partial charge is 0.507 e. The monoisotopic (exact) mass is 889 g/mol. The second-order valence-electron chi connectivity index (χ2n) is 20.2. The Morgan fingerprint density at radius 3 is 2.00 bits per heavy atom. The second kappa shape index (κ2) is 18.6. The van der Waals surface area contributed by atoms with Gasteiger partial charge in [-0.1, -0.05) is 175 Å². The number of imidazole rings is 1. The maximum Gasteiger partial charge on any atom is 0.149 e. The lowest BCUT2D eigenvalue weighted by molar-refractivity contribution is 0.443. The number of pyridine rings is 1. The highest BCUT2D eigenvalue weighted by Gasteiger charge is 2.26. The first-order valence-electron chi connectivity index (χ1n) is 25.8. The first kappa shape index (κ1) is 41.2. The summed E-state index contributed by atoms with van der Waals surface area (Å²) in [5.41, 5.74) is 16.4. The fourth-order valence-electron chi connectivity index (χ4n) is 10.8. The lowest BCUT2D eigenvalue weighted by Crippen LogP contribution is -2.11. The summed E-state index contributed by atoms with van der Waals surface area (Å²) in [5.74, 6) is 1.38. The van der Waals surface area contributed by atoms with Crippen LogP contribution in [0.3, 0.4) is 0 Å². The number of hydrogen-bond donors (Lipinski definition) is 1. The third kappa shape index (κ3) is 8.81. The highest BCUT2D eigenvalue weighted by molar-refractivity contribution is 5.98. The van der Waals surface area contributed by atoms with Gasteiger partial charge in [0.2, 0.25) is 0 Å². The summed E-state index contributed by atoms with van der Waals surface area (Å²) >= 11 is 0. The average molecular weight is 890 g/mol. The van der Waals surface area contributed by atoms with E-state index in [4.69, 9.17) is 9.97 Å². The van der Waals surface area contributed by atoms with Crippen LogP contribution in [0.25, 0.3) is 83.9 Å². The first-order valence-corrected chi connectivity index (χ1v) is 24.8. The third-order valence-corrected chi connectivity index (χ3v) is 14.6. The van der Waals surface area contributed by atoms with E-state index in [1.165, 1.54) is 43.2 Å². The van der Waals surface area contributed by atoms with Crippen LogP contribution in [0.15, 0.2) is 176 Å². The Kier molecular flexibility index (Phi) is 11.2. The van der Waals surface area contributed by atoms with Crippen LogP contribution in [0, 0.1) is 5.92 Å². The standard InChI is InChI=1S/C64H61N3O/c1-64(2,3)54-31-33-61(68)57(42-54)63-66-62-55(24-15-25-60(62)67(63)59-32-26-44(36-43-16-13-14-17-43)37-56(59)49-22-11-6-12-23-49)52-38-51(46-20-9-5-10-21-46)39-53(40-52)58-41-50(34-35-65-58)48-29-27-47(28-30-48)45-18-7-4-8-19-45/h5-6,9-12,15,20-35,37-43,45,68H,4,7-8,13-14,16-19,36H2,1-3H3/i36D2.